The Hall–Kier alpha value is -2.29. The van der Waals surface area contributed by atoms with E-state index in [0.717, 1.165) is 56.3 Å². The third-order valence-electron chi connectivity index (χ3n) is 4.48. The molecule has 1 saturated heterocycles. The topological polar surface area (TPSA) is 65.8 Å². The first kappa shape index (κ1) is 17.1. The second-order valence-electron chi connectivity index (χ2n) is 6.58. The Morgan fingerprint density at radius 1 is 1.12 bits per heavy atom. The van der Waals surface area contributed by atoms with Crippen molar-refractivity contribution in [1.82, 2.24) is 24.2 Å². The highest BCUT2D eigenvalue weighted by molar-refractivity contribution is 7.13. The van der Waals surface area contributed by atoms with Gasteiger partial charge in [-0.2, -0.15) is 0 Å². The summed E-state index contributed by atoms with van der Waals surface area (Å²) in [7, 11) is 0. The van der Waals surface area contributed by atoms with E-state index >= 15 is 0 Å². The molecule has 4 heterocycles. The number of imidazole rings is 1. The molecule has 136 valence electrons. The number of carbonyl (C=O) groups excluding carboxylic acids is 1. The molecule has 0 saturated carbocycles. The van der Waals surface area contributed by atoms with Gasteiger partial charge in [0.2, 0.25) is 5.91 Å². The van der Waals surface area contributed by atoms with Crippen molar-refractivity contribution in [1.29, 1.82) is 0 Å². The van der Waals surface area contributed by atoms with E-state index in [-0.39, 0.29) is 5.91 Å². The van der Waals surface area contributed by atoms with E-state index in [1.54, 1.807) is 0 Å². The summed E-state index contributed by atoms with van der Waals surface area (Å²) in [6.45, 7) is 7.30. The number of fused-ring (bicyclic) bond motifs is 1. The molecule has 1 fully saturated rings. The second-order valence-corrected chi connectivity index (χ2v) is 7.43. The smallest absolute Gasteiger partial charge is 0.223 e. The quantitative estimate of drug-likeness (QED) is 0.745. The minimum absolute atomic E-state index is 0.0774. The molecule has 0 bridgehead atoms. The third kappa shape index (κ3) is 4.09. The van der Waals surface area contributed by atoms with Crippen molar-refractivity contribution in [2.45, 2.75) is 20.0 Å². The maximum atomic E-state index is 11.1. The van der Waals surface area contributed by atoms with Gasteiger partial charge in [-0.25, -0.2) is 9.97 Å². The number of rotatable bonds is 5. The molecule has 8 heteroatoms. The zero-order valence-corrected chi connectivity index (χ0v) is 15.6. The number of amides is 1. The predicted octanol–water partition coefficient (Wildman–Crippen LogP) is 2.07. The largest absolute Gasteiger partial charge is 0.307 e. The number of thiazole rings is 1. The summed E-state index contributed by atoms with van der Waals surface area (Å²) in [5.74, 6) is -0.0774. The summed E-state index contributed by atoms with van der Waals surface area (Å²) in [6.07, 6.45) is 4.15. The Morgan fingerprint density at radius 3 is 2.54 bits per heavy atom. The van der Waals surface area contributed by atoms with Crippen LogP contribution in [-0.4, -0.2) is 56.3 Å². The minimum Gasteiger partial charge on any atom is -0.307 e. The minimum atomic E-state index is -0.0774. The van der Waals surface area contributed by atoms with Crippen molar-refractivity contribution >= 4 is 28.0 Å². The fraction of sp³-hybridized carbons (Fsp3) is 0.389. The standard InChI is InChI=1S/C18H22N6OS/c1-14(25)19-18-21-16(13-26-18)11-23-8-6-22(7-9-23)10-15-12-24-5-3-2-4-17(24)20-15/h2-5,12-13H,6-11H2,1H3,(H,19,21,25). The number of pyridine rings is 1. The van der Waals surface area contributed by atoms with Gasteiger partial charge in [-0.1, -0.05) is 6.07 Å². The van der Waals surface area contributed by atoms with Gasteiger partial charge in [-0.3, -0.25) is 14.6 Å². The lowest BCUT2D eigenvalue weighted by atomic mass is 10.3. The van der Waals surface area contributed by atoms with Crippen LogP contribution < -0.4 is 5.32 Å². The fourth-order valence-corrected chi connectivity index (χ4v) is 3.96. The molecular formula is C18H22N6OS. The van der Waals surface area contributed by atoms with Gasteiger partial charge in [0.15, 0.2) is 5.13 Å². The average molecular weight is 370 g/mol. The Bertz CT molecular complexity index is 863. The van der Waals surface area contributed by atoms with Crippen molar-refractivity contribution in [3.8, 4) is 0 Å². The number of nitrogens with zero attached hydrogens (tertiary/aromatic N) is 5. The van der Waals surface area contributed by atoms with Crippen LogP contribution >= 0.6 is 11.3 Å². The number of piperazine rings is 1. The number of nitrogens with one attached hydrogen (secondary N) is 1. The van der Waals surface area contributed by atoms with Crippen LogP contribution in [0.1, 0.15) is 18.3 Å². The lowest BCUT2D eigenvalue weighted by Gasteiger charge is -2.33. The number of hydrogen-bond acceptors (Lipinski definition) is 6. The second kappa shape index (κ2) is 7.53. The highest BCUT2D eigenvalue weighted by atomic mass is 32.1. The van der Waals surface area contributed by atoms with Gasteiger partial charge in [0.1, 0.15) is 5.65 Å². The average Bonchev–Trinajstić information content (AvgIpc) is 3.22. The van der Waals surface area contributed by atoms with Gasteiger partial charge in [-0.05, 0) is 12.1 Å². The first-order valence-corrected chi connectivity index (χ1v) is 9.63. The van der Waals surface area contributed by atoms with Crippen molar-refractivity contribution in [3.63, 3.8) is 0 Å². The lowest BCUT2D eigenvalue weighted by Crippen LogP contribution is -2.45. The first-order chi connectivity index (χ1) is 12.7. The molecule has 7 nitrogen and oxygen atoms in total. The molecule has 0 radical (unpaired) electrons. The summed E-state index contributed by atoms with van der Waals surface area (Å²) >= 11 is 1.48. The van der Waals surface area contributed by atoms with Crippen LogP contribution in [0.15, 0.2) is 36.0 Å². The van der Waals surface area contributed by atoms with Crippen LogP contribution in [0.25, 0.3) is 5.65 Å². The monoisotopic (exact) mass is 370 g/mol. The van der Waals surface area contributed by atoms with Gasteiger partial charge in [-0.15, -0.1) is 11.3 Å². The molecule has 4 rings (SSSR count). The Morgan fingerprint density at radius 2 is 1.85 bits per heavy atom. The molecule has 1 amide bonds. The molecule has 0 spiro atoms. The Balaban J connectivity index is 1.28. The highest BCUT2D eigenvalue weighted by Gasteiger charge is 2.19. The SMILES string of the molecule is CC(=O)Nc1nc(CN2CCN(Cc3cn4ccccc4n3)CC2)cs1. The van der Waals surface area contributed by atoms with Crippen LogP contribution in [0.4, 0.5) is 5.13 Å². The molecule has 0 unspecified atom stereocenters. The summed E-state index contributed by atoms with van der Waals surface area (Å²) in [4.78, 5) is 25.1. The summed E-state index contributed by atoms with van der Waals surface area (Å²) in [6, 6.07) is 6.07. The summed E-state index contributed by atoms with van der Waals surface area (Å²) < 4.78 is 2.07. The number of hydrogen-bond donors (Lipinski definition) is 1. The zero-order chi connectivity index (χ0) is 17.9. The molecule has 0 atom stereocenters. The highest BCUT2D eigenvalue weighted by Crippen LogP contribution is 2.18. The van der Waals surface area contributed by atoms with E-state index in [0.29, 0.717) is 5.13 Å². The van der Waals surface area contributed by atoms with Gasteiger partial charge in [0.05, 0.1) is 11.4 Å². The van der Waals surface area contributed by atoms with Gasteiger partial charge in [0.25, 0.3) is 0 Å². The van der Waals surface area contributed by atoms with Crippen LogP contribution in [-0.2, 0) is 17.9 Å². The molecule has 1 N–H and O–H groups in total. The molecule has 1 aliphatic heterocycles. The van der Waals surface area contributed by atoms with Gasteiger partial charge in [0, 0.05) is 64.0 Å². The van der Waals surface area contributed by atoms with Gasteiger partial charge >= 0.3 is 0 Å². The third-order valence-corrected chi connectivity index (χ3v) is 5.29. The van der Waals surface area contributed by atoms with Crippen molar-refractivity contribution in [3.05, 3.63) is 47.4 Å². The normalized spacial score (nSPS) is 16.2. The van der Waals surface area contributed by atoms with Crippen LogP contribution in [0.3, 0.4) is 0 Å². The molecule has 26 heavy (non-hydrogen) atoms. The van der Waals surface area contributed by atoms with Crippen molar-refractivity contribution in [2.75, 3.05) is 31.5 Å². The first-order valence-electron chi connectivity index (χ1n) is 8.75. The molecule has 3 aromatic rings. The number of aromatic nitrogens is 3. The van der Waals surface area contributed by atoms with E-state index in [4.69, 9.17) is 0 Å². The maximum Gasteiger partial charge on any atom is 0.223 e. The number of anilines is 1. The van der Waals surface area contributed by atoms with Crippen molar-refractivity contribution in [2.24, 2.45) is 0 Å². The summed E-state index contributed by atoms with van der Waals surface area (Å²) in [5.41, 5.74) is 3.14. The van der Waals surface area contributed by atoms with Crippen LogP contribution in [0, 0.1) is 0 Å². The summed E-state index contributed by atoms with van der Waals surface area (Å²) in [5, 5.41) is 5.44. The Labute approximate surface area is 156 Å². The molecule has 0 aliphatic carbocycles. The van der Waals surface area contributed by atoms with Crippen molar-refractivity contribution < 1.29 is 4.79 Å². The molecule has 1 aliphatic rings. The van der Waals surface area contributed by atoms with E-state index in [2.05, 4.69) is 35.7 Å². The predicted molar refractivity (Wildman–Crippen MR) is 102 cm³/mol. The zero-order valence-electron chi connectivity index (χ0n) is 14.8. The fourth-order valence-electron chi connectivity index (χ4n) is 3.21. The Kier molecular flexibility index (Phi) is 4.96. The van der Waals surface area contributed by atoms with E-state index in [9.17, 15) is 4.79 Å². The van der Waals surface area contributed by atoms with E-state index < -0.39 is 0 Å². The molecular weight excluding hydrogens is 348 g/mol. The lowest BCUT2D eigenvalue weighted by molar-refractivity contribution is -0.114. The number of carbonyl (C=O) groups is 1. The van der Waals surface area contributed by atoms with Gasteiger partial charge < -0.3 is 9.72 Å². The van der Waals surface area contributed by atoms with E-state index in [1.807, 2.05) is 29.8 Å². The van der Waals surface area contributed by atoms with Crippen LogP contribution in [0.2, 0.25) is 0 Å². The van der Waals surface area contributed by atoms with E-state index in [1.165, 1.54) is 18.3 Å². The van der Waals surface area contributed by atoms with Crippen LogP contribution in [0.5, 0.6) is 0 Å². The maximum absolute atomic E-state index is 11.1. The molecule has 0 aromatic carbocycles. The molecule has 3 aromatic heterocycles.